The number of carbonyl (C=O) groups is 1. The van der Waals surface area contributed by atoms with Crippen molar-refractivity contribution in [2.24, 2.45) is 5.92 Å². The summed E-state index contributed by atoms with van der Waals surface area (Å²) in [6.45, 7) is 4.83. The van der Waals surface area contributed by atoms with Gasteiger partial charge in [-0.1, -0.05) is 23.7 Å². The number of piperazine rings is 1. The first kappa shape index (κ1) is 22.9. The molecular weight excluding hydrogens is 452 g/mol. The van der Waals surface area contributed by atoms with Gasteiger partial charge >= 0.3 is 5.97 Å². The van der Waals surface area contributed by atoms with Crippen LogP contribution in [0.15, 0.2) is 41.3 Å². The van der Waals surface area contributed by atoms with Gasteiger partial charge in [-0.25, -0.2) is 8.42 Å². The second-order valence-electron chi connectivity index (χ2n) is 8.59. The molecule has 0 radical (unpaired) electrons. The van der Waals surface area contributed by atoms with E-state index >= 15 is 0 Å². The molecule has 4 rings (SSSR count). The second kappa shape index (κ2) is 8.57. The van der Waals surface area contributed by atoms with E-state index in [0.717, 1.165) is 11.3 Å². The van der Waals surface area contributed by atoms with Gasteiger partial charge in [0.1, 0.15) is 5.75 Å². The fourth-order valence-corrected chi connectivity index (χ4v) is 7.26. The maximum atomic E-state index is 13.8. The molecule has 1 heterocycles. The number of hydrogen-bond acceptors (Lipinski definition) is 5. The topological polar surface area (TPSA) is 87.2 Å². The summed E-state index contributed by atoms with van der Waals surface area (Å²) in [5.74, 6) is -0.890. The number of nitrogens with zero attached hydrogens (tertiary/aromatic N) is 2. The Kier molecular flexibility index (Phi) is 6.13. The molecule has 0 amide bonds. The maximum absolute atomic E-state index is 13.8. The highest BCUT2D eigenvalue weighted by atomic mass is 35.5. The van der Waals surface area contributed by atoms with Crippen molar-refractivity contribution in [1.29, 1.82) is 0 Å². The first-order valence-corrected chi connectivity index (χ1v) is 12.4. The molecule has 0 saturated carbocycles. The third kappa shape index (κ3) is 3.95. The number of hydrogen-bond donors (Lipinski definition) is 1. The molecule has 0 aromatic heterocycles. The van der Waals surface area contributed by atoms with Crippen molar-refractivity contribution >= 4 is 33.3 Å². The Labute approximate surface area is 193 Å². The number of fused-ring (bicyclic) bond motifs is 1. The van der Waals surface area contributed by atoms with E-state index in [9.17, 15) is 18.3 Å². The molecule has 0 bridgehead atoms. The van der Waals surface area contributed by atoms with Crippen LogP contribution < -0.4 is 9.64 Å². The van der Waals surface area contributed by atoms with E-state index < -0.39 is 21.9 Å². The summed E-state index contributed by atoms with van der Waals surface area (Å²) >= 11 is 6.15. The largest absolute Gasteiger partial charge is 0.495 e. The summed E-state index contributed by atoms with van der Waals surface area (Å²) in [5, 5.41) is 9.95. The summed E-state index contributed by atoms with van der Waals surface area (Å²) in [7, 11) is -2.23. The summed E-state index contributed by atoms with van der Waals surface area (Å²) in [4.78, 5) is 13.9. The zero-order valence-electron chi connectivity index (χ0n) is 18.3. The van der Waals surface area contributed by atoms with Gasteiger partial charge < -0.3 is 14.7 Å². The highest BCUT2D eigenvalue weighted by Gasteiger charge is 2.41. The summed E-state index contributed by atoms with van der Waals surface area (Å²) < 4.78 is 34.4. The number of benzene rings is 2. The smallest absolute Gasteiger partial charge is 0.307 e. The van der Waals surface area contributed by atoms with Crippen LogP contribution >= 0.6 is 11.6 Å². The van der Waals surface area contributed by atoms with Crippen molar-refractivity contribution in [1.82, 2.24) is 4.31 Å². The van der Waals surface area contributed by atoms with Gasteiger partial charge in [0, 0.05) is 36.9 Å². The van der Waals surface area contributed by atoms with Crippen LogP contribution in [0, 0.1) is 5.92 Å². The number of anilines is 1. The Morgan fingerprint density at radius 3 is 2.44 bits per heavy atom. The average Bonchev–Trinajstić information content (AvgIpc) is 3.18. The van der Waals surface area contributed by atoms with E-state index in [1.165, 1.54) is 0 Å². The average molecular weight is 479 g/mol. The van der Waals surface area contributed by atoms with Crippen molar-refractivity contribution in [2.75, 3.05) is 25.1 Å². The number of carboxylic acid groups (broad SMARTS) is 1. The number of carboxylic acids is 1. The molecule has 2 aromatic carbocycles. The van der Waals surface area contributed by atoms with E-state index in [2.05, 4.69) is 4.90 Å². The van der Waals surface area contributed by atoms with Crippen LogP contribution in [0.1, 0.15) is 25.0 Å². The molecule has 172 valence electrons. The van der Waals surface area contributed by atoms with Gasteiger partial charge in [-0.15, -0.1) is 0 Å². The standard InChI is InChI=1S/C23H27ClN2O5S/c1-14-12-25(18-7-8-20(24)21(11-18)31-3)13-15(2)26(14)32(29,30)22-6-4-5-16-9-17(23(27)28)10-19(16)22/h4-8,11,14-15,17H,9-10,12-13H2,1-3H3,(H,27,28). The number of sulfonamides is 1. The molecule has 7 nitrogen and oxygen atoms in total. The minimum Gasteiger partial charge on any atom is -0.495 e. The van der Waals surface area contributed by atoms with E-state index in [-0.39, 0.29) is 23.4 Å². The molecule has 0 spiro atoms. The zero-order chi connectivity index (χ0) is 23.2. The highest BCUT2D eigenvalue weighted by molar-refractivity contribution is 7.89. The zero-order valence-corrected chi connectivity index (χ0v) is 19.9. The van der Waals surface area contributed by atoms with Gasteiger partial charge in [-0.2, -0.15) is 4.31 Å². The monoisotopic (exact) mass is 478 g/mol. The molecule has 3 atom stereocenters. The van der Waals surface area contributed by atoms with Crippen LogP contribution in [-0.4, -0.2) is 56.1 Å². The van der Waals surface area contributed by atoms with E-state index in [0.29, 0.717) is 35.8 Å². The summed E-state index contributed by atoms with van der Waals surface area (Å²) in [5.41, 5.74) is 2.38. The van der Waals surface area contributed by atoms with Crippen molar-refractivity contribution in [3.8, 4) is 5.75 Å². The normalized spacial score (nSPS) is 23.8. The molecule has 1 aliphatic carbocycles. The predicted molar refractivity (Wildman–Crippen MR) is 123 cm³/mol. The van der Waals surface area contributed by atoms with Crippen LogP contribution in [0.5, 0.6) is 5.75 Å². The Morgan fingerprint density at radius 1 is 1.12 bits per heavy atom. The fourth-order valence-electron chi connectivity index (χ4n) is 4.99. The first-order valence-electron chi connectivity index (χ1n) is 10.6. The molecule has 2 aromatic rings. The van der Waals surface area contributed by atoms with Crippen LogP contribution in [0.25, 0.3) is 0 Å². The number of ether oxygens (including phenoxy) is 1. The number of aliphatic carboxylic acids is 1. The molecule has 32 heavy (non-hydrogen) atoms. The minimum atomic E-state index is -3.79. The van der Waals surface area contributed by atoms with Crippen LogP contribution in [0.3, 0.4) is 0 Å². The lowest BCUT2D eigenvalue weighted by Crippen LogP contribution is -2.58. The molecule has 1 N–H and O–H groups in total. The third-order valence-electron chi connectivity index (χ3n) is 6.39. The van der Waals surface area contributed by atoms with E-state index in [1.54, 1.807) is 29.6 Å². The maximum Gasteiger partial charge on any atom is 0.307 e. The highest BCUT2D eigenvalue weighted by Crippen LogP contribution is 2.36. The van der Waals surface area contributed by atoms with Crippen molar-refractivity contribution in [3.05, 3.63) is 52.5 Å². The van der Waals surface area contributed by atoms with Gasteiger partial charge in [-0.3, -0.25) is 4.79 Å². The van der Waals surface area contributed by atoms with Crippen molar-refractivity contribution < 1.29 is 23.1 Å². The molecule has 2 aliphatic rings. The Hall–Kier alpha value is -2.29. The van der Waals surface area contributed by atoms with E-state index in [4.69, 9.17) is 16.3 Å². The van der Waals surface area contributed by atoms with Crippen molar-refractivity contribution in [2.45, 2.75) is 43.7 Å². The Bertz CT molecular complexity index is 1140. The SMILES string of the molecule is COc1cc(N2CC(C)N(S(=O)(=O)c3cccc4c3CC(C(=O)O)C4)C(C)C2)ccc1Cl. The quantitative estimate of drug-likeness (QED) is 0.708. The number of methoxy groups -OCH3 is 1. The summed E-state index contributed by atoms with van der Waals surface area (Å²) in [6.07, 6.45) is 0.610. The molecule has 1 saturated heterocycles. The predicted octanol–water partition coefficient (Wildman–Crippen LogP) is 3.44. The van der Waals surface area contributed by atoms with Crippen LogP contribution in [0.4, 0.5) is 5.69 Å². The van der Waals surface area contributed by atoms with Crippen LogP contribution in [-0.2, 0) is 27.7 Å². The van der Waals surface area contributed by atoms with Gasteiger partial charge in [0.15, 0.2) is 0 Å². The number of rotatable bonds is 5. The molecule has 9 heteroatoms. The van der Waals surface area contributed by atoms with Crippen LogP contribution in [0.2, 0.25) is 5.02 Å². The van der Waals surface area contributed by atoms with Gasteiger partial charge in [0.25, 0.3) is 0 Å². The lowest BCUT2D eigenvalue weighted by Gasteiger charge is -2.44. The molecule has 3 unspecified atom stereocenters. The third-order valence-corrected chi connectivity index (χ3v) is 8.91. The van der Waals surface area contributed by atoms with Gasteiger partial charge in [0.05, 0.1) is 22.9 Å². The van der Waals surface area contributed by atoms with Gasteiger partial charge in [0.2, 0.25) is 10.0 Å². The molecular formula is C23H27ClN2O5S. The minimum absolute atomic E-state index is 0.235. The molecule has 1 fully saturated rings. The Morgan fingerprint density at radius 2 is 1.81 bits per heavy atom. The lowest BCUT2D eigenvalue weighted by atomic mass is 10.1. The Balaban J connectivity index is 1.62. The lowest BCUT2D eigenvalue weighted by molar-refractivity contribution is -0.141. The van der Waals surface area contributed by atoms with Gasteiger partial charge in [-0.05, 0) is 56.0 Å². The summed E-state index contributed by atoms with van der Waals surface area (Å²) in [6, 6.07) is 10.1. The fraction of sp³-hybridized carbons (Fsp3) is 0.435. The van der Waals surface area contributed by atoms with Crippen molar-refractivity contribution in [3.63, 3.8) is 0 Å². The second-order valence-corrected chi connectivity index (χ2v) is 10.8. The first-order chi connectivity index (χ1) is 15.1. The molecule has 1 aliphatic heterocycles. The van der Waals surface area contributed by atoms with E-state index in [1.807, 2.05) is 32.0 Å². The number of halogens is 1.